The van der Waals surface area contributed by atoms with Gasteiger partial charge in [0.05, 0.1) is 13.5 Å². The fraction of sp³-hybridized carbons (Fsp3) is 0.300. The second-order valence-electron chi connectivity index (χ2n) is 2.71. The number of esters is 1. The Balaban J connectivity index is 2.90. The van der Waals surface area contributed by atoms with Gasteiger partial charge in [-0.25, -0.2) is 0 Å². The van der Waals surface area contributed by atoms with Crippen LogP contribution in [0, 0.1) is 0 Å². The van der Waals surface area contributed by atoms with Gasteiger partial charge >= 0.3 is 5.97 Å². The third kappa shape index (κ3) is 3.03. The molecule has 0 N–H and O–H groups in total. The molecule has 0 saturated heterocycles. The van der Waals surface area contributed by atoms with Crippen LogP contribution in [0.15, 0.2) is 27.6 Å². The number of benzene rings is 1. The summed E-state index contributed by atoms with van der Waals surface area (Å²) < 4.78 is 5.65. The van der Waals surface area contributed by atoms with Gasteiger partial charge in [0.2, 0.25) is 0 Å². The zero-order chi connectivity index (χ0) is 10.6. The van der Waals surface area contributed by atoms with Gasteiger partial charge in [0.25, 0.3) is 0 Å². The average Bonchev–Trinajstić information content (AvgIpc) is 2.20. The average molecular weight is 275 g/mol. The highest BCUT2D eigenvalue weighted by atomic mass is 79.9. The van der Waals surface area contributed by atoms with Crippen LogP contribution in [0.2, 0.25) is 0 Å². The molecule has 4 heteroatoms. The summed E-state index contributed by atoms with van der Waals surface area (Å²) in [6, 6.07) is 5.87. The van der Waals surface area contributed by atoms with Gasteiger partial charge in [0.15, 0.2) is 0 Å². The maximum absolute atomic E-state index is 11.1. The highest BCUT2D eigenvalue weighted by molar-refractivity contribution is 9.10. The molecule has 0 aliphatic rings. The molecule has 0 heterocycles. The minimum Gasteiger partial charge on any atom is -0.469 e. The third-order valence-corrected chi connectivity index (χ3v) is 3.12. The van der Waals surface area contributed by atoms with Crippen molar-refractivity contribution in [2.45, 2.75) is 11.3 Å². The number of carbonyl (C=O) groups is 1. The number of hydrogen-bond donors (Lipinski definition) is 0. The van der Waals surface area contributed by atoms with Crippen LogP contribution >= 0.6 is 27.7 Å². The molecule has 14 heavy (non-hydrogen) atoms. The maximum Gasteiger partial charge on any atom is 0.310 e. The van der Waals surface area contributed by atoms with Crippen molar-refractivity contribution in [2.24, 2.45) is 0 Å². The Bertz CT molecular complexity index is 339. The number of carbonyl (C=O) groups excluding carboxylic acids is 1. The predicted molar refractivity (Wildman–Crippen MR) is 61.6 cm³/mol. The maximum atomic E-state index is 11.1. The monoisotopic (exact) mass is 274 g/mol. The van der Waals surface area contributed by atoms with Crippen molar-refractivity contribution in [2.75, 3.05) is 13.4 Å². The lowest BCUT2D eigenvalue weighted by Crippen LogP contribution is -2.05. The highest BCUT2D eigenvalue weighted by Gasteiger charge is 2.07. The highest BCUT2D eigenvalue weighted by Crippen LogP contribution is 2.25. The summed E-state index contributed by atoms with van der Waals surface area (Å²) >= 11 is 5.02. The Morgan fingerprint density at radius 2 is 2.29 bits per heavy atom. The van der Waals surface area contributed by atoms with Crippen molar-refractivity contribution >= 4 is 33.7 Å². The fourth-order valence-corrected chi connectivity index (χ4v) is 2.25. The van der Waals surface area contributed by atoms with Gasteiger partial charge in [-0.15, -0.1) is 11.8 Å². The summed E-state index contributed by atoms with van der Waals surface area (Å²) in [6.07, 6.45) is 2.32. The second-order valence-corrected chi connectivity index (χ2v) is 4.47. The summed E-state index contributed by atoms with van der Waals surface area (Å²) in [7, 11) is 1.40. The molecule has 2 nitrogen and oxygen atoms in total. The number of ether oxygens (including phenoxy) is 1. The van der Waals surface area contributed by atoms with Crippen LogP contribution in [-0.4, -0.2) is 19.3 Å². The molecule has 1 aromatic rings. The first-order valence-electron chi connectivity index (χ1n) is 4.06. The van der Waals surface area contributed by atoms with E-state index in [0.717, 1.165) is 14.9 Å². The Morgan fingerprint density at radius 3 is 2.86 bits per heavy atom. The van der Waals surface area contributed by atoms with Crippen molar-refractivity contribution < 1.29 is 9.53 Å². The van der Waals surface area contributed by atoms with Crippen molar-refractivity contribution in [1.29, 1.82) is 0 Å². The van der Waals surface area contributed by atoms with Crippen LogP contribution in [0.4, 0.5) is 0 Å². The molecule has 0 amide bonds. The van der Waals surface area contributed by atoms with Crippen molar-refractivity contribution in [1.82, 2.24) is 0 Å². The van der Waals surface area contributed by atoms with Gasteiger partial charge in [-0.1, -0.05) is 22.0 Å². The van der Waals surface area contributed by atoms with Crippen LogP contribution < -0.4 is 0 Å². The van der Waals surface area contributed by atoms with E-state index in [9.17, 15) is 4.79 Å². The topological polar surface area (TPSA) is 26.3 Å². The number of rotatable bonds is 3. The van der Waals surface area contributed by atoms with E-state index in [-0.39, 0.29) is 5.97 Å². The van der Waals surface area contributed by atoms with Crippen molar-refractivity contribution in [3.05, 3.63) is 28.2 Å². The summed E-state index contributed by atoms with van der Waals surface area (Å²) in [5.41, 5.74) is 1.01. The molecular weight excluding hydrogens is 264 g/mol. The van der Waals surface area contributed by atoms with Gasteiger partial charge < -0.3 is 4.74 Å². The number of methoxy groups -OCH3 is 1. The Morgan fingerprint density at radius 1 is 1.57 bits per heavy atom. The lowest BCUT2D eigenvalue weighted by molar-refractivity contribution is -0.139. The molecule has 1 aromatic carbocycles. The van der Waals surface area contributed by atoms with Gasteiger partial charge in [-0.3, -0.25) is 4.79 Å². The minimum atomic E-state index is -0.206. The fourth-order valence-electron chi connectivity index (χ4n) is 1.09. The van der Waals surface area contributed by atoms with E-state index in [1.54, 1.807) is 11.8 Å². The number of halogens is 1. The summed E-state index contributed by atoms with van der Waals surface area (Å²) in [5.74, 6) is -0.206. The van der Waals surface area contributed by atoms with Crippen LogP contribution in [0.3, 0.4) is 0 Å². The Labute approximate surface area is 96.2 Å². The molecule has 1 rings (SSSR count). The lowest BCUT2D eigenvalue weighted by atomic mass is 10.1. The zero-order valence-electron chi connectivity index (χ0n) is 8.04. The Hall–Kier alpha value is -0.480. The first kappa shape index (κ1) is 11.6. The first-order valence-corrected chi connectivity index (χ1v) is 6.08. The van der Waals surface area contributed by atoms with E-state index in [2.05, 4.69) is 20.7 Å². The van der Waals surface area contributed by atoms with E-state index in [0.29, 0.717) is 6.42 Å². The molecule has 0 radical (unpaired) electrons. The molecular formula is C10H11BrO2S. The Kier molecular flexibility index (Phi) is 4.48. The second kappa shape index (κ2) is 5.41. The molecule has 0 aromatic heterocycles. The summed E-state index contributed by atoms with van der Waals surface area (Å²) in [5, 5.41) is 0. The molecule has 0 aliphatic heterocycles. The van der Waals surface area contributed by atoms with E-state index < -0.39 is 0 Å². The van der Waals surface area contributed by atoms with E-state index >= 15 is 0 Å². The SMILES string of the molecule is COC(=O)Cc1ccc(Br)cc1SC. The predicted octanol–water partition coefficient (Wildman–Crippen LogP) is 2.89. The van der Waals surface area contributed by atoms with Gasteiger partial charge in [-0.2, -0.15) is 0 Å². The zero-order valence-corrected chi connectivity index (χ0v) is 10.4. The van der Waals surface area contributed by atoms with Crippen molar-refractivity contribution in [3.8, 4) is 0 Å². The normalized spacial score (nSPS) is 9.93. The molecule has 0 spiro atoms. The van der Waals surface area contributed by atoms with Crippen LogP contribution in [0.5, 0.6) is 0 Å². The molecule has 0 unspecified atom stereocenters. The van der Waals surface area contributed by atoms with E-state index in [4.69, 9.17) is 0 Å². The smallest absolute Gasteiger partial charge is 0.310 e. The van der Waals surface area contributed by atoms with Crippen LogP contribution in [0.25, 0.3) is 0 Å². The van der Waals surface area contributed by atoms with Gasteiger partial charge in [0.1, 0.15) is 0 Å². The van der Waals surface area contributed by atoms with E-state index in [1.807, 2.05) is 24.5 Å². The van der Waals surface area contributed by atoms with Gasteiger partial charge in [0, 0.05) is 9.37 Å². The molecule has 0 saturated carbocycles. The summed E-state index contributed by atoms with van der Waals surface area (Å²) in [4.78, 5) is 12.2. The lowest BCUT2D eigenvalue weighted by Gasteiger charge is -2.06. The number of thioether (sulfide) groups is 1. The number of hydrogen-bond acceptors (Lipinski definition) is 3. The molecule has 0 fully saturated rings. The third-order valence-electron chi connectivity index (χ3n) is 1.81. The van der Waals surface area contributed by atoms with Gasteiger partial charge in [-0.05, 0) is 24.0 Å². The quantitative estimate of drug-likeness (QED) is 0.626. The van der Waals surface area contributed by atoms with Crippen LogP contribution in [0.1, 0.15) is 5.56 Å². The standard InChI is InChI=1S/C10H11BrO2S/c1-13-10(12)5-7-3-4-8(11)6-9(7)14-2/h3-4,6H,5H2,1-2H3. The van der Waals surface area contributed by atoms with E-state index in [1.165, 1.54) is 7.11 Å². The first-order chi connectivity index (χ1) is 6.67. The minimum absolute atomic E-state index is 0.206. The largest absolute Gasteiger partial charge is 0.469 e. The van der Waals surface area contributed by atoms with Crippen molar-refractivity contribution in [3.63, 3.8) is 0 Å². The molecule has 0 bridgehead atoms. The van der Waals surface area contributed by atoms with Crippen LogP contribution in [-0.2, 0) is 16.0 Å². The summed E-state index contributed by atoms with van der Waals surface area (Å²) in [6.45, 7) is 0. The molecule has 0 atom stereocenters. The molecule has 0 aliphatic carbocycles. The molecule has 76 valence electrons.